The van der Waals surface area contributed by atoms with Gasteiger partial charge in [0.05, 0.1) is 0 Å². The summed E-state index contributed by atoms with van der Waals surface area (Å²) in [5.74, 6) is 0. The van der Waals surface area contributed by atoms with E-state index >= 15 is 0 Å². The van der Waals surface area contributed by atoms with Crippen molar-refractivity contribution in [2.45, 2.75) is 12.8 Å². The van der Waals surface area contributed by atoms with E-state index in [1.165, 1.54) is 12.8 Å². The summed E-state index contributed by atoms with van der Waals surface area (Å²) in [6, 6.07) is 0. The van der Waals surface area contributed by atoms with Crippen LogP contribution in [-0.2, 0) is 98.1 Å². The van der Waals surface area contributed by atoms with Crippen molar-refractivity contribution in [3.8, 4) is 0 Å². The minimum absolute atomic E-state index is 0. The van der Waals surface area contributed by atoms with Gasteiger partial charge in [0.2, 0.25) is 0 Å². The van der Waals surface area contributed by atoms with E-state index in [-0.39, 0.29) is 98.1 Å². The molecular formula is C4H7SY3-. The van der Waals surface area contributed by atoms with Gasteiger partial charge in [-0.3, -0.25) is 5.25 Å². The largest absolute Gasteiger partial charge is 0.351 e. The molecule has 0 nitrogen and oxygen atoms in total. The van der Waals surface area contributed by atoms with Crippen molar-refractivity contribution in [2.75, 3.05) is 6.26 Å². The van der Waals surface area contributed by atoms with Crippen molar-refractivity contribution in [1.29, 1.82) is 0 Å². The Morgan fingerprint density at radius 2 is 1.50 bits per heavy atom. The smallest absolute Gasteiger partial charge is 0 e. The normalized spacial score (nSPS) is 14.6. The fourth-order valence-electron chi connectivity index (χ4n) is 0.255. The Balaban J connectivity index is -0.0000000833. The molecule has 1 rings (SSSR count). The monoisotopic (exact) mass is 354 g/mol. The van der Waals surface area contributed by atoms with Gasteiger partial charge in [-0.2, -0.15) is 12.8 Å². The summed E-state index contributed by atoms with van der Waals surface area (Å²) in [4.78, 5) is 0. The Bertz CT molecular complexity index is 38.3. The molecule has 0 N–H and O–H groups in total. The van der Waals surface area contributed by atoms with Gasteiger partial charge < -0.3 is 11.8 Å². The number of rotatable bonds is 1. The molecule has 1 aliphatic carbocycles. The molecule has 0 atom stereocenters. The van der Waals surface area contributed by atoms with Gasteiger partial charge in [-0.1, -0.05) is 0 Å². The molecule has 1 saturated carbocycles. The van der Waals surface area contributed by atoms with Gasteiger partial charge in [0.25, 0.3) is 0 Å². The Labute approximate surface area is 131 Å². The van der Waals surface area contributed by atoms with Crippen molar-refractivity contribution in [3.63, 3.8) is 0 Å². The molecule has 39 valence electrons. The minimum Gasteiger partial charge on any atom is -0.351 e. The zero-order valence-electron chi connectivity index (χ0n) is 5.05. The molecule has 0 amide bonds. The van der Waals surface area contributed by atoms with Crippen LogP contribution in [0.15, 0.2) is 0 Å². The van der Waals surface area contributed by atoms with Gasteiger partial charge in [0, 0.05) is 98.1 Å². The van der Waals surface area contributed by atoms with E-state index in [0.717, 1.165) is 0 Å². The first kappa shape index (κ1) is 17.7. The SMILES string of the molecule is CS[C-]1CC1.[Y].[Y].[Y]. The van der Waals surface area contributed by atoms with Crippen LogP contribution in [0.1, 0.15) is 12.8 Å². The maximum Gasteiger partial charge on any atom is 0 e. The topological polar surface area (TPSA) is 0 Å². The number of hydrogen-bond donors (Lipinski definition) is 0. The average molecular weight is 354 g/mol. The van der Waals surface area contributed by atoms with E-state index in [4.69, 9.17) is 0 Å². The van der Waals surface area contributed by atoms with Gasteiger partial charge in [-0.05, 0) is 6.26 Å². The minimum atomic E-state index is 0. The van der Waals surface area contributed by atoms with Crippen LogP contribution in [0.3, 0.4) is 0 Å². The molecule has 3 radical (unpaired) electrons. The third-order valence-electron chi connectivity index (χ3n) is 0.743. The van der Waals surface area contributed by atoms with Gasteiger partial charge in [0.1, 0.15) is 0 Å². The number of thioether (sulfide) groups is 1. The van der Waals surface area contributed by atoms with Crippen molar-refractivity contribution in [2.24, 2.45) is 0 Å². The van der Waals surface area contributed by atoms with Crippen LogP contribution in [0.25, 0.3) is 0 Å². The van der Waals surface area contributed by atoms with Crippen molar-refractivity contribution in [1.82, 2.24) is 0 Å². The first-order chi connectivity index (χ1) is 2.43. The predicted octanol–water partition coefficient (Wildman–Crippen LogP) is 1.67. The van der Waals surface area contributed by atoms with Gasteiger partial charge in [-0.15, -0.1) is 0 Å². The second-order valence-corrected chi connectivity index (χ2v) is 2.23. The molecule has 4 heteroatoms. The van der Waals surface area contributed by atoms with Crippen LogP contribution >= 0.6 is 11.8 Å². The quantitative estimate of drug-likeness (QED) is 0.646. The molecule has 1 aliphatic rings. The van der Waals surface area contributed by atoms with E-state index in [2.05, 4.69) is 6.26 Å². The molecular weight excluding hydrogens is 347 g/mol. The summed E-state index contributed by atoms with van der Waals surface area (Å²) in [6.45, 7) is 0. The van der Waals surface area contributed by atoms with E-state index in [1.54, 1.807) is 5.25 Å². The molecule has 1 fully saturated rings. The molecule has 8 heavy (non-hydrogen) atoms. The molecule has 0 unspecified atom stereocenters. The first-order valence-electron chi connectivity index (χ1n) is 1.82. The molecule has 0 aliphatic heterocycles. The summed E-state index contributed by atoms with van der Waals surface area (Å²) in [6.07, 6.45) is 4.92. The standard InChI is InChI=1S/C4H7S.3Y/c1-5-4-2-3-4;;;/h2-3H2,1H3;;;/q-1;;;. The summed E-state index contributed by atoms with van der Waals surface area (Å²) in [5.41, 5.74) is 0. The maximum atomic E-state index is 2.14. The van der Waals surface area contributed by atoms with Crippen molar-refractivity contribution < 1.29 is 98.1 Å². The first-order valence-corrected chi connectivity index (χ1v) is 3.04. The summed E-state index contributed by atoms with van der Waals surface area (Å²) < 4.78 is 0. The Morgan fingerprint density at radius 1 is 1.12 bits per heavy atom. The molecule has 0 aromatic carbocycles. The second kappa shape index (κ2) is 10.7. The third-order valence-corrected chi connectivity index (χ3v) is 1.73. The molecule has 0 aromatic heterocycles. The molecule has 0 saturated heterocycles. The van der Waals surface area contributed by atoms with E-state index in [1.807, 2.05) is 11.8 Å². The van der Waals surface area contributed by atoms with Crippen molar-refractivity contribution >= 4 is 11.8 Å². The van der Waals surface area contributed by atoms with Gasteiger partial charge in [-0.25, -0.2) is 0 Å². The predicted molar refractivity (Wildman–Crippen MR) is 26.0 cm³/mol. The van der Waals surface area contributed by atoms with Gasteiger partial charge >= 0.3 is 0 Å². The Kier molecular flexibility index (Phi) is 23.5. The van der Waals surface area contributed by atoms with Gasteiger partial charge in [0.15, 0.2) is 0 Å². The maximum absolute atomic E-state index is 2.14. The van der Waals surface area contributed by atoms with E-state index in [9.17, 15) is 0 Å². The fraction of sp³-hybridized carbons (Fsp3) is 0.750. The van der Waals surface area contributed by atoms with E-state index in [0.29, 0.717) is 0 Å². The van der Waals surface area contributed by atoms with Crippen LogP contribution in [0.5, 0.6) is 0 Å². The molecule has 0 bridgehead atoms. The molecule has 0 heterocycles. The Morgan fingerprint density at radius 3 is 1.50 bits per heavy atom. The van der Waals surface area contributed by atoms with Crippen LogP contribution in [0, 0.1) is 5.25 Å². The van der Waals surface area contributed by atoms with Crippen LogP contribution < -0.4 is 0 Å². The van der Waals surface area contributed by atoms with Crippen LogP contribution in [0.2, 0.25) is 0 Å². The van der Waals surface area contributed by atoms with Crippen molar-refractivity contribution in [3.05, 3.63) is 5.25 Å². The van der Waals surface area contributed by atoms with Crippen LogP contribution in [0.4, 0.5) is 0 Å². The fourth-order valence-corrected chi connectivity index (χ4v) is 0.765. The zero-order chi connectivity index (χ0) is 3.70. The molecule has 0 aromatic rings. The average Bonchev–Trinajstić information content (AvgIpc) is 2.12. The summed E-state index contributed by atoms with van der Waals surface area (Å²) in [5, 5.41) is 1.67. The summed E-state index contributed by atoms with van der Waals surface area (Å²) >= 11 is 1.91. The Hall–Kier alpha value is 3.66. The van der Waals surface area contributed by atoms with Crippen LogP contribution in [-0.4, -0.2) is 6.26 Å². The summed E-state index contributed by atoms with van der Waals surface area (Å²) in [7, 11) is 0. The third kappa shape index (κ3) is 9.66. The second-order valence-electron chi connectivity index (χ2n) is 1.24. The molecule has 0 spiro atoms. The number of hydrogen-bond acceptors (Lipinski definition) is 1. The van der Waals surface area contributed by atoms with E-state index < -0.39 is 0 Å². The zero-order valence-corrected chi connectivity index (χ0v) is 14.4.